The third kappa shape index (κ3) is 5.74. The average molecular weight is 267 g/mol. The van der Waals surface area contributed by atoms with Gasteiger partial charge in [-0.25, -0.2) is 0 Å². The van der Waals surface area contributed by atoms with E-state index in [-0.39, 0.29) is 12.5 Å². The number of nitrogens with zero attached hydrogens (tertiary/aromatic N) is 4. The Balaban J connectivity index is 2.59. The van der Waals surface area contributed by atoms with Gasteiger partial charge in [0.25, 0.3) is 0 Å². The van der Waals surface area contributed by atoms with Crippen LogP contribution in [-0.2, 0) is 11.3 Å². The Labute approximate surface area is 115 Å². The largest absolute Gasteiger partial charge is 0.396 e. The Morgan fingerprint density at radius 3 is 2.58 bits per heavy atom. The molecule has 0 bridgehead atoms. The molecule has 1 aromatic rings. The Morgan fingerprint density at radius 2 is 2.11 bits per heavy atom. The van der Waals surface area contributed by atoms with Crippen LogP contribution in [0.3, 0.4) is 0 Å². The Morgan fingerprint density at radius 1 is 1.42 bits per heavy atom. The second kappa shape index (κ2) is 7.13. The molecule has 0 fully saturated rings. The zero-order valence-electron chi connectivity index (χ0n) is 12.3. The molecule has 1 heterocycles. The molecule has 0 unspecified atom stereocenters. The standard InChI is InChI=1S/C13H25N5O/c1-11(2)8-17(6-5-16(3)4)13(19)10-18-9-12(14)7-15-18/h7,9,11H,5-6,8,10,14H2,1-4H3. The van der Waals surface area contributed by atoms with Crippen molar-refractivity contribution in [1.29, 1.82) is 0 Å². The molecular formula is C13H25N5O. The molecule has 0 aromatic carbocycles. The van der Waals surface area contributed by atoms with E-state index in [0.717, 1.165) is 19.6 Å². The fourth-order valence-corrected chi connectivity index (χ4v) is 1.78. The second-order valence-electron chi connectivity index (χ2n) is 5.51. The molecule has 0 saturated carbocycles. The van der Waals surface area contributed by atoms with Gasteiger partial charge in [0.1, 0.15) is 6.54 Å². The molecule has 0 aliphatic rings. The lowest BCUT2D eigenvalue weighted by atomic mass is 10.2. The minimum atomic E-state index is 0.0821. The van der Waals surface area contributed by atoms with Gasteiger partial charge in [0.15, 0.2) is 0 Å². The van der Waals surface area contributed by atoms with Crippen LogP contribution in [-0.4, -0.2) is 59.2 Å². The maximum atomic E-state index is 12.3. The van der Waals surface area contributed by atoms with Gasteiger partial charge in [0.2, 0.25) is 5.91 Å². The number of rotatable bonds is 7. The van der Waals surface area contributed by atoms with Crippen LogP contribution in [0, 0.1) is 5.92 Å². The van der Waals surface area contributed by atoms with Gasteiger partial charge in [-0.05, 0) is 20.0 Å². The first-order valence-corrected chi connectivity index (χ1v) is 6.59. The van der Waals surface area contributed by atoms with Crippen molar-refractivity contribution in [3.05, 3.63) is 12.4 Å². The summed E-state index contributed by atoms with van der Waals surface area (Å²) in [6, 6.07) is 0. The molecule has 0 atom stereocenters. The summed E-state index contributed by atoms with van der Waals surface area (Å²) >= 11 is 0. The number of anilines is 1. The van der Waals surface area contributed by atoms with Gasteiger partial charge < -0.3 is 15.5 Å². The van der Waals surface area contributed by atoms with E-state index in [9.17, 15) is 4.79 Å². The summed E-state index contributed by atoms with van der Waals surface area (Å²) < 4.78 is 1.58. The Kier molecular flexibility index (Phi) is 5.82. The van der Waals surface area contributed by atoms with Crippen molar-refractivity contribution in [3.8, 4) is 0 Å². The average Bonchev–Trinajstić information content (AvgIpc) is 2.69. The van der Waals surface area contributed by atoms with E-state index in [4.69, 9.17) is 5.73 Å². The summed E-state index contributed by atoms with van der Waals surface area (Å²) in [4.78, 5) is 16.2. The molecule has 0 radical (unpaired) electrons. The number of hydrogen-bond donors (Lipinski definition) is 1. The van der Waals surface area contributed by atoms with Crippen molar-refractivity contribution < 1.29 is 4.79 Å². The topological polar surface area (TPSA) is 67.4 Å². The van der Waals surface area contributed by atoms with Gasteiger partial charge in [-0.2, -0.15) is 5.10 Å². The van der Waals surface area contributed by atoms with E-state index >= 15 is 0 Å². The number of hydrogen-bond acceptors (Lipinski definition) is 4. The number of amides is 1. The van der Waals surface area contributed by atoms with Crippen molar-refractivity contribution >= 4 is 11.6 Å². The highest BCUT2D eigenvalue weighted by molar-refractivity contribution is 5.76. The summed E-state index contributed by atoms with van der Waals surface area (Å²) in [7, 11) is 4.01. The van der Waals surface area contributed by atoms with Crippen LogP contribution in [0.5, 0.6) is 0 Å². The number of likely N-dealkylation sites (N-methyl/N-ethyl adjacent to an activating group) is 1. The van der Waals surface area contributed by atoms with Crippen LogP contribution >= 0.6 is 0 Å². The molecular weight excluding hydrogens is 242 g/mol. The molecule has 0 aliphatic carbocycles. The van der Waals surface area contributed by atoms with E-state index in [0.29, 0.717) is 11.6 Å². The summed E-state index contributed by atoms with van der Waals surface area (Å²) in [6.45, 7) is 6.84. The minimum Gasteiger partial charge on any atom is -0.396 e. The van der Waals surface area contributed by atoms with Crippen molar-refractivity contribution in [2.75, 3.05) is 39.5 Å². The molecule has 1 aromatic heterocycles. The van der Waals surface area contributed by atoms with Gasteiger partial charge in [-0.3, -0.25) is 9.48 Å². The zero-order chi connectivity index (χ0) is 14.4. The Bertz CT molecular complexity index is 399. The third-order valence-electron chi connectivity index (χ3n) is 2.71. The monoisotopic (exact) mass is 267 g/mol. The first-order chi connectivity index (χ1) is 8.88. The highest BCUT2D eigenvalue weighted by Gasteiger charge is 2.15. The number of carbonyl (C=O) groups is 1. The molecule has 0 aliphatic heterocycles. The number of aromatic nitrogens is 2. The third-order valence-corrected chi connectivity index (χ3v) is 2.71. The molecule has 6 nitrogen and oxygen atoms in total. The number of nitrogen functional groups attached to an aromatic ring is 1. The van der Waals surface area contributed by atoms with E-state index < -0.39 is 0 Å². The summed E-state index contributed by atoms with van der Waals surface area (Å²) in [5.74, 6) is 0.535. The van der Waals surface area contributed by atoms with Crippen LogP contribution < -0.4 is 5.73 Å². The van der Waals surface area contributed by atoms with E-state index in [1.165, 1.54) is 0 Å². The van der Waals surface area contributed by atoms with Gasteiger partial charge in [0, 0.05) is 25.8 Å². The quantitative estimate of drug-likeness (QED) is 0.781. The lowest BCUT2D eigenvalue weighted by molar-refractivity contribution is -0.132. The van der Waals surface area contributed by atoms with Crippen LogP contribution in [0.4, 0.5) is 5.69 Å². The van der Waals surface area contributed by atoms with Gasteiger partial charge in [0.05, 0.1) is 11.9 Å². The number of carbonyl (C=O) groups excluding carboxylic acids is 1. The fraction of sp³-hybridized carbons (Fsp3) is 0.692. The van der Waals surface area contributed by atoms with E-state index in [1.54, 1.807) is 17.1 Å². The van der Waals surface area contributed by atoms with Crippen molar-refractivity contribution in [2.45, 2.75) is 20.4 Å². The smallest absolute Gasteiger partial charge is 0.244 e. The SMILES string of the molecule is CC(C)CN(CCN(C)C)C(=O)Cn1cc(N)cn1. The van der Waals surface area contributed by atoms with Gasteiger partial charge >= 0.3 is 0 Å². The van der Waals surface area contributed by atoms with E-state index in [1.807, 2.05) is 19.0 Å². The first-order valence-electron chi connectivity index (χ1n) is 6.59. The molecule has 2 N–H and O–H groups in total. The lowest BCUT2D eigenvalue weighted by Crippen LogP contribution is -2.40. The summed E-state index contributed by atoms with van der Waals surface area (Å²) in [5, 5.41) is 4.05. The van der Waals surface area contributed by atoms with Crippen LogP contribution in [0.25, 0.3) is 0 Å². The summed E-state index contributed by atoms with van der Waals surface area (Å²) in [6.07, 6.45) is 3.23. The second-order valence-corrected chi connectivity index (χ2v) is 5.51. The highest BCUT2D eigenvalue weighted by atomic mass is 16.2. The zero-order valence-corrected chi connectivity index (χ0v) is 12.3. The van der Waals surface area contributed by atoms with Gasteiger partial charge in [-0.1, -0.05) is 13.8 Å². The molecule has 6 heteroatoms. The summed E-state index contributed by atoms with van der Waals surface area (Å²) in [5.41, 5.74) is 6.17. The van der Waals surface area contributed by atoms with Crippen molar-refractivity contribution in [1.82, 2.24) is 19.6 Å². The van der Waals surface area contributed by atoms with Crippen LogP contribution in [0.2, 0.25) is 0 Å². The van der Waals surface area contributed by atoms with Crippen LogP contribution in [0.15, 0.2) is 12.4 Å². The Hall–Kier alpha value is -1.56. The normalized spacial score (nSPS) is 11.3. The van der Waals surface area contributed by atoms with Crippen LogP contribution in [0.1, 0.15) is 13.8 Å². The minimum absolute atomic E-state index is 0.0821. The molecule has 1 amide bonds. The van der Waals surface area contributed by atoms with Crippen molar-refractivity contribution in [3.63, 3.8) is 0 Å². The number of nitrogens with two attached hydrogens (primary N) is 1. The molecule has 19 heavy (non-hydrogen) atoms. The maximum Gasteiger partial charge on any atom is 0.244 e. The fourth-order valence-electron chi connectivity index (χ4n) is 1.78. The van der Waals surface area contributed by atoms with Gasteiger partial charge in [-0.15, -0.1) is 0 Å². The molecule has 0 saturated heterocycles. The molecule has 1 rings (SSSR count). The molecule has 108 valence electrons. The first kappa shape index (κ1) is 15.5. The maximum absolute atomic E-state index is 12.3. The predicted octanol–water partition coefficient (Wildman–Crippen LogP) is 0.512. The molecule has 0 spiro atoms. The highest BCUT2D eigenvalue weighted by Crippen LogP contribution is 2.03. The van der Waals surface area contributed by atoms with E-state index in [2.05, 4.69) is 23.8 Å². The predicted molar refractivity (Wildman–Crippen MR) is 76.6 cm³/mol. The lowest BCUT2D eigenvalue weighted by Gasteiger charge is -2.26. The van der Waals surface area contributed by atoms with Crippen molar-refractivity contribution in [2.24, 2.45) is 5.92 Å².